The molecule has 0 saturated carbocycles. The lowest BCUT2D eigenvalue weighted by Gasteiger charge is -2.04. The Labute approximate surface area is 90.3 Å². The first-order valence-electron chi connectivity index (χ1n) is 5.00. The van der Waals surface area contributed by atoms with Crippen LogP contribution in [0.3, 0.4) is 0 Å². The molecule has 1 N–H and O–H groups in total. The number of hydrogen-bond donors (Lipinski definition) is 1. The first-order chi connectivity index (χ1) is 7.22. The Balaban J connectivity index is 2.38. The maximum Gasteiger partial charge on any atom is 0.123 e. The Morgan fingerprint density at radius 1 is 1.40 bits per heavy atom. The van der Waals surface area contributed by atoms with Gasteiger partial charge < -0.3 is 5.32 Å². The Morgan fingerprint density at radius 2 is 2.07 bits per heavy atom. The zero-order valence-electron chi connectivity index (χ0n) is 8.91. The van der Waals surface area contributed by atoms with Crippen LogP contribution in [-0.2, 0) is 0 Å². The van der Waals surface area contributed by atoms with Crippen LogP contribution >= 0.6 is 0 Å². The van der Waals surface area contributed by atoms with Crippen molar-refractivity contribution in [1.29, 1.82) is 0 Å². The number of benzene rings is 1. The van der Waals surface area contributed by atoms with Gasteiger partial charge in [0.05, 0.1) is 0 Å². The van der Waals surface area contributed by atoms with Crippen molar-refractivity contribution in [1.82, 2.24) is 5.32 Å². The molecule has 0 saturated heterocycles. The van der Waals surface area contributed by atoms with Gasteiger partial charge in [-0.2, -0.15) is 0 Å². The molecule has 0 aliphatic rings. The molecule has 0 aliphatic carbocycles. The van der Waals surface area contributed by atoms with Crippen molar-refractivity contribution in [3.05, 3.63) is 54.4 Å². The predicted molar refractivity (Wildman–Crippen MR) is 63.1 cm³/mol. The van der Waals surface area contributed by atoms with E-state index in [1.54, 1.807) is 12.1 Å². The smallest absolute Gasteiger partial charge is 0.123 e. The van der Waals surface area contributed by atoms with Crippen molar-refractivity contribution in [2.24, 2.45) is 0 Å². The molecule has 0 spiro atoms. The number of halogens is 1. The SMILES string of the molecule is C=CC(C)NC/C=C/c1ccc(F)cc1. The first kappa shape index (κ1) is 11.7. The summed E-state index contributed by atoms with van der Waals surface area (Å²) in [5.41, 5.74) is 1.00. The Kier molecular flexibility index (Phi) is 4.78. The third-order valence-corrected chi connectivity index (χ3v) is 2.09. The van der Waals surface area contributed by atoms with Gasteiger partial charge in [0.25, 0.3) is 0 Å². The second-order valence-corrected chi connectivity index (χ2v) is 3.39. The van der Waals surface area contributed by atoms with Crippen molar-refractivity contribution < 1.29 is 4.39 Å². The molecule has 1 aromatic rings. The van der Waals surface area contributed by atoms with Crippen molar-refractivity contribution in [2.45, 2.75) is 13.0 Å². The molecule has 1 atom stereocenters. The lowest BCUT2D eigenvalue weighted by atomic mass is 10.2. The molecule has 1 aromatic carbocycles. The summed E-state index contributed by atoms with van der Waals surface area (Å²) in [6, 6.07) is 6.73. The molecule has 1 rings (SSSR count). The maximum absolute atomic E-state index is 12.6. The largest absolute Gasteiger partial charge is 0.307 e. The molecule has 0 aliphatic heterocycles. The summed E-state index contributed by atoms with van der Waals surface area (Å²) in [7, 11) is 0. The molecule has 0 aromatic heterocycles. The average molecular weight is 205 g/mol. The van der Waals surface area contributed by atoms with Crippen LogP contribution < -0.4 is 5.32 Å². The average Bonchev–Trinajstić information content (AvgIpc) is 2.26. The summed E-state index contributed by atoms with van der Waals surface area (Å²) >= 11 is 0. The molecule has 2 heteroatoms. The highest BCUT2D eigenvalue weighted by atomic mass is 19.1. The van der Waals surface area contributed by atoms with Crippen LogP contribution in [0.25, 0.3) is 6.08 Å². The molecule has 0 amide bonds. The first-order valence-corrected chi connectivity index (χ1v) is 5.00. The van der Waals surface area contributed by atoms with Gasteiger partial charge in [-0.1, -0.05) is 30.4 Å². The van der Waals surface area contributed by atoms with E-state index in [-0.39, 0.29) is 5.82 Å². The molecule has 0 bridgehead atoms. The third kappa shape index (κ3) is 4.56. The van der Waals surface area contributed by atoms with E-state index in [9.17, 15) is 4.39 Å². The highest BCUT2D eigenvalue weighted by Gasteiger charge is 1.91. The van der Waals surface area contributed by atoms with Crippen LogP contribution in [-0.4, -0.2) is 12.6 Å². The highest BCUT2D eigenvalue weighted by molar-refractivity contribution is 5.48. The van der Waals surface area contributed by atoms with Gasteiger partial charge in [-0.25, -0.2) is 4.39 Å². The van der Waals surface area contributed by atoms with Gasteiger partial charge in [-0.3, -0.25) is 0 Å². The third-order valence-electron chi connectivity index (χ3n) is 2.09. The molecule has 0 radical (unpaired) electrons. The lowest BCUT2D eigenvalue weighted by Crippen LogP contribution is -2.23. The highest BCUT2D eigenvalue weighted by Crippen LogP contribution is 2.04. The minimum absolute atomic E-state index is 0.203. The summed E-state index contributed by atoms with van der Waals surface area (Å²) in [6.07, 6.45) is 5.82. The summed E-state index contributed by atoms with van der Waals surface area (Å²) in [5.74, 6) is -0.203. The monoisotopic (exact) mass is 205 g/mol. The molecule has 80 valence electrons. The second-order valence-electron chi connectivity index (χ2n) is 3.39. The Hall–Kier alpha value is -1.41. The van der Waals surface area contributed by atoms with E-state index in [1.165, 1.54) is 12.1 Å². The fourth-order valence-corrected chi connectivity index (χ4v) is 1.11. The Bertz CT molecular complexity index is 327. The topological polar surface area (TPSA) is 12.0 Å². The zero-order chi connectivity index (χ0) is 11.1. The minimum Gasteiger partial charge on any atom is -0.307 e. The van der Waals surface area contributed by atoms with Gasteiger partial charge in [0.15, 0.2) is 0 Å². The van der Waals surface area contributed by atoms with Crippen LogP contribution in [0.2, 0.25) is 0 Å². The maximum atomic E-state index is 12.6. The fourth-order valence-electron chi connectivity index (χ4n) is 1.11. The van der Waals surface area contributed by atoms with Gasteiger partial charge in [-0.05, 0) is 24.6 Å². The van der Waals surface area contributed by atoms with Crippen LogP contribution in [0.15, 0.2) is 43.0 Å². The van der Waals surface area contributed by atoms with Crippen LogP contribution in [0.4, 0.5) is 4.39 Å². The summed E-state index contributed by atoms with van der Waals surface area (Å²) in [6.45, 7) is 6.50. The van der Waals surface area contributed by atoms with Crippen LogP contribution in [0.5, 0.6) is 0 Å². The summed E-state index contributed by atoms with van der Waals surface area (Å²) in [4.78, 5) is 0. The van der Waals surface area contributed by atoms with Crippen LogP contribution in [0, 0.1) is 5.82 Å². The number of nitrogens with one attached hydrogen (secondary N) is 1. The molecule has 1 unspecified atom stereocenters. The van der Waals surface area contributed by atoms with E-state index in [2.05, 4.69) is 11.9 Å². The molecule has 0 fully saturated rings. The fraction of sp³-hybridized carbons (Fsp3) is 0.231. The van der Waals surface area contributed by atoms with Gasteiger partial charge in [0.1, 0.15) is 5.82 Å². The number of rotatable bonds is 5. The van der Waals surface area contributed by atoms with Gasteiger partial charge >= 0.3 is 0 Å². The van der Waals surface area contributed by atoms with Crippen molar-refractivity contribution >= 4 is 6.08 Å². The van der Waals surface area contributed by atoms with Gasteiger partial charge in [0, 0.05) is 12.6 Å². The van der Waals surface area contributed by atoms with Crippen molar-refractivity contribution in [3.63, 3.8) is 0 Å². The minimum atomic E-state index is -0.203. The number of hydrogen-bond acceptors (Lipinski definition) is 1. The predicted octanol–water partition coefficient (Wildman–Crippen LogP) is 3.00. The van der Waals surface area contributed by atoms with E-state index >= 15 is 0 Å². The zero-order valence-corrected chi connectivity index (χ0v) is 8.91. The molecule has 1 nitrogen and oxygen atoms in total. The van der Waals surface area contributed by atoms with E-state index in [0.29, 0.717) is 6.04 Å². The van der Waals surface area contributed by atoms with Crippen LogP contribution in [0.1, 0.15) is 12.5 Å². The molecular weight excluding hydrogens is 189 g/mol. The van der Waals surface area contributed by atoms with E-state index in [4.69, 9.17) is 0 Å². The molecular formula is C13H16FN. The van der Waals surface area contributed by atoms with Crippen molar-refractivity contribution in [3.8, 4) is 0 Å². The summed E-state index contributed by atoms with van der Waals surface area (Å²) in [5, 5.41) is 3.23. The van der Waals surface area contributed by atoms with Gasteiger partial charge in [0.2, 0.25) is 0 Å². The van der Waals surface area contributed by atoms with E-state index < -0.39 is 0 Å². The quantitative estimate of drug-likeness (QED) is 0.729. The Morgan fingerprint density at radius 3 is 2.67 bits per heavy atom. The molecule has 0 heterocycles. The second kappa shape index (κ2) is 6.14. The van der Waals surface area contributed by atoms with Gasteiger partial charge in [-0.15, -0.1) is 6.58 Å². The van der Waals surface area contributed by atoms with E-state index in [0.717, 1.165) is 12.1 Å². The standard InChI is InChI=1S/C13H16FN/c1-3-11(2)15-10-4-5-12-6-8-13(14)9-7-12/h3-9,11,15H,1,10H2,2H3/b5-4+. The summed E-state index contributed by atoms with van der Waals surface area (Å²) < 4.78 is 12.6. The van der Waals surface area contributed by atoms with E-state index in [1.807, 2.05) is 25.2 Å². The molecule has 15 heavy (non-hydrogen) atoms. The van der Waals surface area contributed by atoms with Crippen molar-refractivity contribution in [2.75, 3.05) is 6.54 Å². The normalized spacial score (nSPS) is 12.9. The lowest BCUT2D eigenvalue weighted by molar-refractivity contribution is 0.628.